The molecule has 0 bridgehead atoms. The molecule has 0 saturated heterocycles. The molecular weight excluding hydrogens is 399 g/mol. The van der Waals surface area contributed by atoms with Crippen LogP contribution < -0.4 is 4.74 Å². The molecule has 2 heterocycles. The van der Waals surface area contributed by atoms with Crippen LogP contribution in [0.25, 0.3) is 33.2 Å². The van der Waals surface area contributed by atoms with E-state index in [0.717, 1.165) is 22.8 Å². The molecule has 0 radical (unpaired) electrons. The van der Waals surface area contributed by atoms with Gasteiger partial charge in [-0.1, -0.05) is 57.2 Å². The van der Waals surface area contributed by atoms with E-state index in [1.54, 1.807) is 12.3 Å². The van der Waals surface area contributed by atoms with Crippen molar-refractivity contribution in [3.8, 4) is 33.9 Å². The Kier molecular flexibility index (Phi) is 4.16. The third kappa shape index (κ3) is 3.16. The van der Waals surface area contributed by atoms with Crippen LogP contribution in [0.1, 0.15) is 31.9 Å². The summed E-state index contributed by atoms with van der Waals surface area (Å²) in [4.78, 5) is 4.51. The Balaban J connectivity index is 1.79. The van der Waals surface area contributed by atoms with Crippen molar-refractivity contribution in [2.75, 3.05) is 0 Å². The highest BCUT2D eigenvalue weighted by Gasteiger charge is 2.38. The van der Waals surface area contributed by atoms with E-state index < -0.39 is 11.7 Å². The van der Waals surface area contributed by atoms with Crippen molar-refractivity contribution in [2.45, 2.75) is 32.4 Å². The van der Waals surface area contributed by atoms with Crippen molar-refractivity contribution in [2.24, 2.45) is 0 Å². The molecule has 4 aromatic rings. The van der Waals surface area contributed by atoms with E-state index in [4.69, 9.17) is 4.74 Å². The summed E-state index contributed by atoms with van der Waals surface area (Å²) in [6.07, 6.45) is -2.79. The van der Waals surface area contributed by atoms with Crippen LogP contribution in [0.4, 0.5) is 13.2 Å². The van der Waals surface area contributed by atoms with Crippen molar-refractivity contribution < 1.29 is 17.9 Å². The zero-order valence-electron chi connectivity index (χ0n) is 17.3. The summed E-state index contributed by atoms with van der Waals surface area (Å²) in [5, 5.41) is 1.20. The largest absolute Gasteiger partial charge is 0.455 e. The number of benzene rings is 3. The molecule has 31 heavy (non-hydrogen) atoms. The fourth-order valence-electron chi connectivity index (χ4n) is 4.11. The van der Waals surface area contributed by atoms with Crippen LogP contribution in [0.15, 0.2) is 66.9 Å². The first-order valence-corrected chi connectivity index (χ1v) is 10.1. The van der Waals surface area contributed by atoms with Crippen LogP contribution in [-0.2, 0) is 11.6 Å². The summed E-state index contributed by atoms with van der Waals surface area (Å²) in [5.41, 5.74) is 3.06. The van der Waals surface area contributed by atoms with Gasteiger partial charge in [-0.25, -0.2) is 0 Å². The highest BCUT2D eigenvalue weighted by atomic mass is 19.4. The standard InChI is InChI=1S/C26H20F3NO/c1-25(2,3)16-12-13-30-21(14-16)19-9-5-8-18-17-7-4-6-15-10-11-20(26(27,28)29)24(22(15)17)31-23(18)19/h4-14H,1-3H3. The van der Waals surface area contributed by atoms with Gasteiger partial charge in [-0.05, 0) is 46.2 Å². The van der Waals surface area contributed by atoms with Gasteiger partial charge in [0.05, 0.1) is 11.3 Å². The van der Waals surface area contributed by atoms with Crippen molar-refractivity contribution in [3.05, 3.63) is 78.0 Å². The fraction of sp³-hybridized carbons (Fsp3) is 0.192. The third-order valence-corrected chi connectivity index (χ3v) is 5.71. The fourth-order valence-corrected chi connectivity index (χ4v) is 4.11. The third-order valence-electron chi connectivity index (χ3n) is 5.71. The lowest BCUT2D eigenvalue weighted by molar-refractivity contribution is -0.138. The molecule has 0 N–H and O–H groups in total. The smallest absolute Gasteiger partial charge is 0.420 e. The highest BCUT2D eigenvalue weighted by molar-refractivity contribution is 6.06. The van der Waals surface area contributed by atoms with E-state index in [2.05, 4.69) is 25.8 Å². The van der Waals surface area contributed by atoms with Crippen molar-refractivity contribution in [3.63, 3.8) is 0 Å². The Morgan fingerprint density at radius 2 is 1.48 bits per heavy atom. The van der Waals surface area contributed by atoms with Crippen molar-refractivity contribution >= 4 is 10.8 Å². The molecule has 1 aliphatic rings. The lowest BCUT2D eigenvalue weighted by atomic mass is 9.86. The van der Waals surface area contributed by atoms with Gasteiger partial charge in [-0.2, -0.15) is 13.2 Å². The second kappa shape index (κ2) is 6.58. The van der Waals surface area contributed by atoms with Crippen LogP contribution in [0, 0.1) is 0 Å². The predicted molar refractivity (Wildman–Crippen MR) is 116 cm³/mol. The van der Waals surface area contributed by atoms with E-state index in [1.165, 1.54) is 6.07 Å². The molecular formula is C26H20F3NO. The number of nitrogens with zero attached hydrogens (tertiary/aromatic N) is 1. The normalized spacial score (nSPS) is 13.1. The average Bonchev–Trinajstić information content (AvgIpc) is 2.72. The van der Waals surface area contributed by atoms with Crippen molar-refractivity contribution in [1.82, 2.24) is 4.98 Å². The van der Waals surface area contributed by atoms with Crippen LogP contribution in [0.2, 0.25) is 0 Å². The topological polar surface area (TPSA) is 22.1 Å². The number of fused-ring (bicyclic) bond motifs is 2. The number of aromatic nitrogens is 1. The molecule has 5 rings (SSSR count). The number of pyridine rings is 1. The second-order valence-electron chi connectivity index (χ2n) is 8.81. The van der Waals surface area contributed by atoms with Gasteiger partial charge in [0.1, 0.15) is 11.5 Å². The second-order valence-corrected chi connectivity index (χ2v) is 8.81. The Morgan fingerprint density at radius 1 is 0.774 bits per heavy atom. The highest BCUT2D eigenvalue weighted by Crippen LogP contribution is 2.53. The summed E-state index contributed by atoms with van der Waals surface area (Å²) in [6.45, 7) is 6.32. The first-order valence-electron chi connectivity index (χ1n) is 10.1. The molecule has 2 nitrogen and oxygen atoms in total. The molecule has 0 saturated carbocycles. The number of alkyl halides is 3. The summed E-state index contributed by atoms with van der Waals surface area (Å²) in [6, 6.07) is 17.6. The zero-order chi connectivity index (χ0) is 22.0. The maximum Gasteiger partial charge on any atom is 0.420 e. The lowest BCUT2D eigenvalue weighted by Crippen LogP contribution is -2.12. The zero-order valence-corrected chi connectivity index (χ0v) is 17.3. The minimum atomic E-state index is -4.52. The number of para-hydroxylation sites is 1. The molecule has 5 heteroatoms. The van der Waals surface area contributed by atoms with E-state index >= 15 is 0 Å². The van der Waals surface area contributed by atoms with E-state index in [-0.39, 0.29) is 11.2 Å². The summed E-state index contributed by atoms with van der Waals surface area (Å²) >= 11 is 0. The molecule has 1 aliphatic heterocycles. The Bertz CT molecular complexity index is 1330. The van der Waals surface area contributed by atoms with E-state index in [0.29, 0.717) is 27.8 Å². The maximum absolute atomic E-state index is 13.8. The molecule has 0 unspecified atom stereocenters. The van der Waals surface area contributed by atoms with Crippen LogP contribution in [0.5, 0.6) is 11.5 Å². The Morgan fingerprint density at radius 3 is 2.23 bits per heavy atom. The van der Waals surface area contributed by atoms with E-state index in [1.807, 2.05) is 42.5 Å². The molecule has 0 spiro atoms. The number of hydrogen-bond acceptors (Lipinski definition) is 2. The summed E-state index contributed by atoms with van der Waals surface area (Å²) < 4.78 is 47.5. The number of rotatable bonds is 1. The van der Waals surface area contributed by atoms with Crippen LogP contribution >= 0.6 is 0 Å². The summed E-state index contributed by atoms with van der Waals surface area (Å²) in [7, 11) is 0. The SMILES string of the molecule is CC(C)(C)c1ccnc(-c2cccc3c2Oc2c(C(F)(F)F)ccc4cccc-3c24)c1. The maximum atomic E-state index is 13.8. The number of hydrogen-bond donors (Lipinski definition) is 0. The molecule has 1 aromatic heterocycles. The summed E-state index contributed by atoms with van der Waals surface area (Å²) in [5.74, 6) is 0.255. The number of ether oxygens (including phenoxy) is 1. The molecule has 0 aliphatic carbocycles. The van der Waals surface area contributed by atoms with Crippen molar-refractivity contribution in [1.29, 1.82) is 0 Å². The quantitative estimate of drug-likeness (QED) is 0.275. The lowest BCUT2D eigenvalue weighted by Gasteiger charge is -2.26. The molecule has 0 fully saturated rings. The van der Waals surface area contributed by atoms with E-state index in [9.17, 15) is 13.2 Å². The van der Waals surface area contributed by atoms with Gasteiger partial charge in [0, 0.05) is 22.7 Å². The molecule has 0 atom stereocenters. The van der Waals surface area contributed by atoms with Gasteiger partial charge in [-0.15, -0.1) is 0 Å². The first-order chi connectivity index (χ1) is 14.6. The number of halogens is 3. The van der Waals surface area contributed by atoms with Gasteiger partial charge < -0.3 is 4.74 Å². The van der Waals surface area contributed by atoms with Gasteiger partial charge in [0.15, 0.2) is 0 Å². The molecule has 3 aromatic carbocycles. The minimum Gasteiger partial charge on any atom is -0.455 e. The van der Waals surface area contributed by atoms with Gasteiger partial charge >= 0.3 is 6.18 Å². The van der Waals surface area contributed by atoms with Crippen LogP contribution in [-0.4, -0.2) is 4.98 Å². The first kappa shape index (κ1) is 19.6. The Labute approximate surface area is 178 Å². The Hall–Kier alpha value is -3.34. The average molecular weight is 419 g/mol. The van der Waals surface area contributed by atoms with Gasteiger partial charge in [0.2, 0.25) is 0 Å². The predicted octanol–water partition coefficient (Wildman–Crippen LogP) is 7.99. The minimum absolute atomic E-state index is 0.0883. The molecule has 0 amide bonds. The molecule has 156 valence electrons. The van der Waals surface area contributed by atoms with Gasteiger partial charge in [-0.3, -0.25) is 4.98 Å². The van der Waals surface area contributed by atoms with Gasteiger partial charge in [0.25, 0.3) is 0 Å². The van der Waals surface area contributed by atoms with Crippen LogP contribution in [0.3, 0.4) is 0 Å². The monoisotopic (exact) mass is 419 g/mol.